The largest absolute Gasteiger partial charge is 0.489 e. The molecule has 1 amide bonds. The molecule has 0 aliphatic heterocycles. The van der Waals surface area contributed by atoms with Crippen LogP contribution in [-0.4, -0.2) is 29.3 Å². The highest BCUT2D eigenvalue weighted by Crippen LogP contribution is 2.33. The maximum absolute atomic E-state index is 12.4. The molecule has 2 aromatic heterocycles. The van der Waals surface area contributed by atoms with E-state index in [2.05, 4.69) is 10.3 Å². The lowest BCUT2D eigenvalue weighted by Gasteiger charge is -2.19. The van der Waals surface area contributed by atoms with Crippen LogP contribution in [0, 0.1) is 0 Å². The molecular weight excluding hydrogens is 556 g/mol. The maximum Gasteiger partial charge on any atom is 0.407 e. The fourth-order valence-corrected chi connectivity index (χ4v) is 4.83. The van der Waals surface area contributed by atoms with Crippen molar-refractivity contribution < 1.29 is 28.2 Å². The Bertz CT molecular complexity index is 1750. The monoisotopic (exact) mass is 592 g/mol. The number of benzene rings is 3. The summed E-state index contributed by atoms with van der Waals surface area (Å²) in [5.41, 5.74) is 6.30. The SMILES string of the molecule is CCOC(=O)Cc1ccc(-c2ccccc2)cc1OCc1cc(-c2ccnc(CNC(=O)OC(C)(C)C)c2)c2occc2c1. The number of furan rings is 1. The fourth-order valence-electron chi connectivity index (χ4n) is 4.83. The zero-order chi connectivity index (χ0) is 31.1. The Labute approximate surface area is 257 Å². The van der Waals surface area contributed by atoms with Crippen molar-refractivity contribution in [1.82, 2.24) is 10.3 Å². The molecular formula is C36H36N2O6. The second-order valence-corrected chi connectivity index (χ2v) is 11.3. The van der Waals surface area contributed by atoms with Gasteiger partial charge in [0.05, 0.1) is 31.5 Å². The van der Waals surface area contributed by atoms with Crippen molar-refractivity contribution in [3.63, 3.8) is 0 Å². The van der Waals surface area contributed by atoms with Gasteiger partial charge in [-0.1, -0.05) is 42.5 Å². The molecule has 0 radical (unpaired) electrons. The summed E-state index contributed by atoms with van der Waals surface area (Å²) in [4.78, 5) is 28.9. The van der Waals surface area contributed by atoms with Gasteiger partial charge in [-0.15, -0.1) is 0 Å². The second kappa shape index (κ2) is 13.5. The van der Waals surface area contributed by atoms with E-state index < -0.39 is 11.7 Å². The molecule has 226 valence electrons. The summed E-state index contributed by atoms with van der Waals surface area (Å²) < 4.78 is 22.8. The maximum atomic E-state index is 12.4. The minimum absolute atomic E-state index is 0.112. The third-order valence-corrected chi connectivity index (χ3v) is 6.76. The predicted octanol–water partition coefficient (Wildman–Crippen LogP) is 7.87. The minimum atomic E-state index is -0.588. The number of aromatic nitrogens is 1. The number of pyridine rings is 1. The molecule has 1 N–H and O–H groups in total. The van der Waals surface area contributed by atoms with Crippen LogP contribution in [0.25, 0.3) is 33.2 Å². The van der Waals surface area contributed by atoms with Gasteiger partial charge in [0.15, 0.2) is 0 Å². The highest BCUT2D eigenvalue weighted by molar-refractivity contribution is 5.93. The van der Waals surface area contributed by atoms with Crippen molar-refractivity contribution in [1.29, 1.82) is 0 Å². The number of ether oxygens (including phenoxy) is 3. The van der Waals surface area contributed by atoms with Crippen molar-refractivity contribution in [2.45, 2.75) is 52.9 Å². The Hall–Kier alpha value is -5.11. The van der Waals surface area contributed by atoms with Crippen LogP contribution >= 0.6 is 0 Å². The third-order valence-electron chi connectivity index (χ3n) is 6.76. The van der Waals surface area contributed by atoms with E-state index in [0.29, 0.717) is 18.1 Å². The molecule has 0 aliphatic carbocycles. The number of nitrogens with one attached hydrogen (secondary N) is 1. The minimum Gasteiger partial charge on any atom is -0.489 e. The Morgan fingerprint density at radius 2 is 1.73 bits per heavy atom. The standard InChI is InChI=1S/C36H36N2O6/c1-5-41-33(39)21-28-12-11-26(25-9-7-6-8-10-25)20-32(28)43-23-24-17-29-14-16-42-34(29)31(18-24)27-13-15-37-30(19-27)22-38-35(40)44-36(2,3)4/h6-20H,5,21-23H2,1-4H3,(H,38,40). The summed E-state index contributed by atoms with van der Waals surface area (Å²) >= 11 is 0. The first-order valence-electron chi connectivity index (χ1n) is 14.6. The molecule has 0 fully saturated rings. The zero-order valence-corrected chi connectivity index (χ0v) is 25.4. The van der Waals surface area contributed by atoms with Gasteiger partial charge in [0.1, 0.15) is 23.5 Å². The molecule has 0 unspecified atom stereocenters. The average molecular weight is 593 g/mol. The number of amides is 1. The number of alkyl carbamates (subject to hydrolysis) is 1. The zero-order valence-electron chi connectivity index (χ0n) is 25.4. The van der Waals surface area contributed by atoms with Crippen molar-refractivity contribution in [3.05, 3.63) is 108 Å². The molecule has 5 rings (SSSR count). The van der Waals surface area contributed by atoms with Crippen LogP contribution in [0.4, 0.5) is 4.79 Å². The summed E-state index contributed by atoms with van der Waals surface area (Å²) in [6.07, 6.45) is 2.97. The fraction of sp³-hybridized carbons (Fsp3) is 0.250. The average Bonchev–Trinajstić information content (AvgIpc) is 3.48. The van der Waals surface area contributed by atoms with E-state index in [0.717, 1.165) is 44.3 Å². The summed E-state index contributed by atoms with van der Waals surface area (Å²) in [5.74, 6) is 0.314. The van der Waals surface area contributed by atoms with Crippen LogP contribution in [0.2, 0.25) is 0 Å². The van der Waals surface area contributed by atoms with E-state index in [1.807, 2.05) is 99.6 Å². The normalized spacial score (nSPS) is 11.3. The van der Waals surface area contributed by atoms with Crippen molar-refractivity contribution in [2.75, 3.05) is 6.61 Å². The summed E-state index contributed by atoms with van der Waals surface area (Å²) in [6, 6.07) is 25.7. The summed E-state index contributed by atoms with van der Waals surface area (Å²) in [5, 5.41) is 3.69. The van der Waals surface area contributed by atoms with Gasteiger partial charge in [0.2, 0.25) is 0 Å². The van der Waals surface area contributed by atoms with E-state index in [1.54, 1.807) is 19.4 Å². The number of hydrogen-bond acceptors (Lipinski definition) is 7. The van der Waals surface area contributed by atoms with Crippen LogP contribution in [0.15, 0.2) is 95.7 Å². The molecule has 0 saturated carbocycles. The van der Waals surface area contributed by atoms with E-state index in [9.17, 15) is 9.59 Å². The number of esters is 1. The highest BCUT2D eigenvalue weighted by Gasteiger charge is 2.17. The van der Waals surface area contributed by atoms with Crippen LogP contribution < -0.4 is 10.1 Å². The lowest BCUT2D eigenvalue weighted by Crippen LogP contribution is -2.32. The molecule has 3 aromatic carbocycles. The lowest BCUT2D eigenvalue weighted by atomic mass is 10.0. The molecule has 2 heterocycles. The molecule has 0 bridgehead atoms. The van der Waals surface area contributed by atoms with E-state index in [-0.39, 0.29) is 25.5 Å². The van der Waals surface area contributed by atoms with Gasteiger partial charge in [0.25, 0.3) is 0 Å². The summed E-state index contributed by atoms with van der Waals surface area (Å²) in [6.45, 7) is 8.04. The first-order valence-corrected chi connectivity index (χ1v) is 14.6. The molecule has 5 aromatic rings. The Morgan fingerprint density at radius 1 is 0.909 bits per heavy atom. The second-order valence-electron chi connectivity index (χ2n) is 11.3. The smallest absolute Gasteiger partial charge is 0.407 e. The predicted molar refractivity (Wildman–Crippen MR) is 169 cm³/mol. The van der Waals surface area contributed by atoms with Gasteiger partial charge in [0, 0.05) is 22.7 Å². The van der Waals surface area contributed by atoms with Gasteiger partial charge in [-0.2, -0.15) is 0 Å². The van der Waals surface area contributed by atoms with Gasteiger partial charge in [-0.25, -0.2) is 4.79 Å². The molecule has 0 atom stereocenters. The number of hydrogen-bond donors (Lipinski definition) is 1. The van der Waals surface area contributed by atoms with Crippen molar-refractivity contribution in [2.24, 2.45) is 0 Å². The molecule has 8 nitrogen and oxygen atoms in total. The molecule has 0 saturated heterocycles. The van der Waals surface area contributed by atoms with Crippen molar-refractivity contribution in [3.8, 4) is 28.0 Å². The van der Waals surface area contributed by atoms with Crippen LogP contribution in [0.3, 0.4) is 0 Å². The highest BCUT2D eigenvalue weighted by atomic mass is 16.6. The van der Waals surface area contributed by atoms with E-state index in [1.165, 1.54) is 0 Å². The molecule has 0 aliphatic rings. The number of carbonyl (C=O) groups is 2. The van der Waals surface area contributed by atoms with Crippen molar-refractivity contribution >= 4 is 23.0 Å². The first kappa shape index (κ1) is 30.4. The van der Waals surface area contributed by atoms with E-state index in [4.69, 9.17) is 18.6 Å². The third kappa shape index (κ3) is 7.83. The Balaban J connectivity index is 1.41. The molecule has 8 heteroatoms. The van der Waals surface area contributed by atoms with Gasteiger partial charge < -0.3 is 23.9 Å². The summed E-state index contributed by atoms with van der Waals surface area (Å²) in [7, 11) is 0. The first-order chi connectivity index (χ1) is 21.2. The Kier molecular flexibility index (Phi) is 9.29. The number of rotatable bonds is 10. The van der Waals surface area contributed by atoms with E-state index >= 15 is 0 Å². The van der Waals surface area contributed by atoms with Gasteiger partial charge in [-0.05, 0) is 86.3 Å². The molecule has 44 heavy (non-hydrogen) atoms. The van der Waals surface area contributed by atoms with Gasteiger partial charge >= 0.3 is 12.1 Å². The Morgan fingerprint density at radius 3 is 2.50 bits per heavy atom. The quantitative estimate of drug-likeness (QED) is 0.165. The van der Waals surface area contributed by atoms with Gasteiger partial charge in [-0.3, -0.25) is 9.78 Å². The number of carbonyl (C=O) groups excluding carboxylic acids is 2. The topological polar surface area (TPSA) is 99.9 Å². The lowest BCUT2D eigenvalue weighted by molar-refractivity contribution is -0.142. The van der Waals surface area contributed by atoms with Crippen LogP contribution in [-0.2, 0) is 33.8 Å². The number of fused-ring (bicyclic) bond motifs is 1. The number of nitrogens with zero attached hydrogens (tertiary/aromatic N) is 1. The van der Waals surface area contributed by atoms with Crippen LogP contribution in [0.1, 0.15) is 44.5 Å². The van der Waals surface area contributed by atoms with Crippen LogP contribution in [0.5, 0.6) is 5.75 Å². The molecule has 0 spiro atoms.